The normalized spacial score (nSPS) is 23.6. The summed E-state index contributed by atoms with van der Waals surface area (Å²) >= 11 is 0. The molecule has 2 N–H and O–H groups in total. The summed E-state index contributed by atoms with van der Waals surface area (Å²) in [5.41, 5.74) is 1.34. The Hall–Kier alpha value is -1.26. The predicted molar refractivity (Wildman–Crippen MR) is 142 cm³/mol. The van der Waals surface area contributed by atoms with Gasteiger partial charge in [-0.2, -0.15) is 0 Å². The molecule has 1 atom stereocenters. The van der Waals surface area contributed by atoms with E-state index in [1.54, 1.807) is 7.11 Å². The van der Waals surface area contributed by atoms with E-state index in [1.165, 1.54) is 31.6 Å². The van der Waals surface area contributed by atoms with E-state index in [4.69, 9.17) is 14.5 Å². The van der Waals surface area contributed by atoms with Gasteiger partial charge in [-0.15, -0.1) is 24.0 Å². The number of para-hydroxylation sites is 2. The van der Waals surface area contributed by atoms with Crippen molar-refractivity contribution < 1.29 is 9.47 Å². The Morgan fingerprint density at radius 3 is 2.66 bits per heavy atom. The number of hydrogen-bond donors (Lipinski definition) is 2. The molecule has 3 heterocycles. The number of hydrogen-bond acceptors (Lipinski definition) is 5. The predicted octanol–water partition coefficient (Wildman–Crippen LogP) is 3.09. The number of nitrogens with one attached hydrogen (secondary N) is 2. The molecule has 0 aromatic heterocycles. The number of likely N-dealkylation sites (tertiary alicyclic amines) is 1. The zero-order valence-corrected chi connectivity index (χ0v) is 22.0. The first-order chi connectivity index (χ1) is 15.2. The molecule has 3 saturated heterocycles. The minimum absolute atomic E-state index is 0. The van der Waals surface area contributed by atoms with Crippen molar-refractivity contribution in [3.8, 4) is 5.75 Å². The van der Waals surface area contributed by atoms with E-state index in [2.05, 4.69) is 39.5 Å². The summed E-state index contributed by atoms with van der Waals surface area (Å²) in [6.45, 7) is 9.94. The number of halogens is 1. The summed E-state index contributed by atoms with van der Waals surface area (Å²) in [6.07, 6.45) is 5.88. The van der Waals surface area contributed by atoms with Crippen molar-refractivity contribution in [2.75, 3.05) is 64.5 Å². The highest BCUT2D eigenvalue weighted by atomic mass is 127. The van der Waals surface area contributed by atoms with Crippen molar-refractivity contribution in [1.29, 1.82) is 0 Å². The fraction of sp³-hybridized carbons (Fsp3) is 0.708. The zero-order valence-electron chi connectivity index (χ0n) is 19.6. The highest BCUT2D eigenvalue weighted by Gasteiger charge is 2.39. The third-order valence-electron chi connectivity index (χ3n) is 7.03. The molecule has 180 valence electrons. The van der Waals surface area contributed by atoms with E-state index >= 15 is 0 Å². The van der Waals surface area contributed by atoms with Crippen LogP contribution >= 0.6 is 24.0 Å². The molecule has 4 rings (SSSR count). The van der Waals surface area contributed by atoms with Crippen LogP contribution < -0.4 is 20.3 Å². The topological polar surface area (TPSA) is 61.4 Å². The largest absolute Gasteiger partial charge is 0.495 e. The smallest absolute Gasteiger partial charge is 0.191 e. The lowest BCUT2D eigenvalue weighted by atomic mass is 9.88. The molecule has 8 heteroatoms. The molecule has 3 fully saturated rings. The van der Waals surface area contributed by atoms with Crippen molar-refractivity contribution in [2.45, 2.75) is 50.6 Å². The molecule has 32 heavy (non-hydrogen) atoms. The van der Waals surface area contributed by atoms with Gasteiger partial charge in [-0.1, -0.05) is 12.1 Å². The number of guanidine groups is 1. The lowest BCUT2D eigenvalue weighted by Gasteiger charge is -2.43. The van der Waals surface area contributed by atoms with Gasteiger partial charge < -0.3 is 25.0 Å². The lowest BCUT2D eigenvalue weighted by molar-refractivity contribution is -0.0139. The number of methoxy groups -OCH3 is 1. The molecular formula is C24H40IN5O2. The van der Waals surface area contributed by atoms with Crippen molar-refractivity contribution >= 4 is 35.6 Å². The van der Waals surface area contributed by atoms with Gasteiger partial charge in [0, 0.05) is 44.4 Å². The number of aliphatic imine (C=N–C) groups is 1. The van der Waals surface area contributed by atoms with Crippen LogP contribution in [0.1, 0.15) is 39.0 Å². The van der Waals surface area contributed by atoms with Crippen molar-refractivity contribution in [2.24, 2.45) is 4.99 Å². The minimum Gasteiger partial charge on any atom is -0.495 e. The van der Waals surface area contributed by atoms with Crippen LogP contribution in [0.15, 0.2) is 29.3 Å². The third kappa shape index (κ3) is 5.99. The molecule has 0 aliphatic carbocycles. The van der Waals surface area contributed by atoms with Gasteiger partial charge >= 0.3 is 0 Å². The van der Waals surface area contributed by atoms with Gasteiger partial charge in [-0.25, -0.2) is 0 Å². The van der Waals surface area contributed by atoms with Gasteiger partial charge in [0.1, 0.15) is 5.75 Å². The van der Waals surface area contributed by atoms with Gasteiger partial charge in [0.25, 0.3) is 0 Å². The molecule has 0 bridgehead atoms. The Morgan fingerprint density at radius 1 is 1.19 bits per heavy atom. The summed E-state index contributed by atoms with van der Waals surface area (Å²) in [5.74, 6) is 1.88. The van der Waals surface area contributed by atoms with Crippen LogP contribution in [0.25, 0.3) is 0 Å². The Kier molecular flexibility index (Phi) is 9.73. The lowest BCUT2D eigenvalue weighted by Crippen LogP contribution is -2.54. The SMILES string of the molecule is CCNC(=NCC1(N2CCCC2)CCOCC1)NC1CCN(c2ccccc2OC)C1.I. The molecular weight excluding hydrogens is 517 g/mol. The van der Waals surface area contributed by atoms with Crippen molar-refractivity contribution in [3.63, 3.8) is 0 Å². The summed E-state index contributed by atoms with van der Waals surface area (Å²) in [4.78, 5) is 10.2. The van der Waals surface area contributed by atoms with Gasteiger partial charge in [0.15, 0.2) is 5.96 Å². The summed E-state index contributed by atoms with van der Waals surface area (Å²) in [5, 5.41) is 7.19. The molecule has 7 nitrogen and oxygen atoms in total. The Bertz CT molecular complexity index is 735. The second-order valence-corrected chi connectivity index (χ2v) is 8.97. The fourth-order valence-electron chi connectivity index (χ4n) is 5.24. The maximum absolute atomic E-state index is 5.70. The van der Waals surface area contributed by atoms with E-state index in [9.17, 15) is 0 Å². The average molecular weight is 558 g/mol. The first kappa shape index (κ1) is 25.4. The number of anilines is 1. The maximum Gasteiger partial charge on any atom is 0.191 e. The van der Waals surface area contributed by atoms with Crippen LogP contribution in [0.3, 0.4) is 0 Å². The first-order valence-electron chi connectivity index (χ1n) is 12.0. The van der Waals surface area contributed by atoms with Gasteiger partial charge in [-0.05, 0) is 64.3 Å². The molecule has 1 aromatic carbocycles. The van der Waals surface area contributed by atoms with Crippen LogP contribution in [0.4, 0.5) is 5.69 Å². The monoisotopic (exact) mass is 557 g/mol. The first-order valence-corrected chi connectivity index (χ1v) is 12.0. The van der Waals surface area contributed by atoms with Gasteiger partial charge in [0.05, 0.1) is 19.3 Å². The maximum atomic E-state index is 5.70. The van der Waals surface area contributed by atoms with E-state index < -0.39 is 0 Å². The zero-order chi connectivity index (χ0) is 21.5. The molecule has 0 saturated carbocycles. The second kappa shape index (κ2) is 12.3. The molecule has 0 spiro atoms. The van der Waals surface area contributed by atoms with Crippen molar-refractivity contribution in [3.05, 3.63) is 24.3 Å². The Balaban J connectivity index is 0.00000289. The van der Waals surface area contributed by atoms with Gasteiger partial charge in [-0.3, -0.25) is 9.89 Å². The van der Waals surface area contributed by atoms with E-state index in [-0.39, 0.29) is 29.5 Å². The van der Waals surface area contributed by atoms with Gasteiger partial charge in [0.2, 0.25) is 0 Å². The van der Waals surface area contributed by atoms with E-state index in [0.717, 1.165) is 70.4 Å². The van der Waals surface area contributed by atoms with Crippen LogP contribution in [-0.4, -0.2) is 82.0 Å². The quantitative estimate of drug-likeness (QED) is 0.306. The molecule has 0 radical (unpaired) electrons. The Morgan fingerprint density at radius 2 is 1.94 bits per heavy atom. The summed E-state index contributed by atoms with van der Waals surface area (Å²) in [6, 6.07) is 8.66. The number of ether oxygens (including phenoxy) is 2. The van der Waals surface area contributed by atoms with E-state index in [0.29, 0.717) is 6.04 Å². The van der Waals surface area contributed by atoms with Crippen LogP contribution in [0, 0.1) is 0 Å². The highest BCUT2D eigenvalue weighted by Crippen LogP contribution is 2.32. The number of nitrogens with zero attached hydrogens (tertiary/aromatic N) is 3. The third-order valence-corrected chi connectivity index (χ3v) is 7.03. The summed E-state index contributed by atoms with van der Waals surface area (Å²) in [7, 11) is 1.74. The van der Waals surface area contributed by atoms with Crippen molar-refractivity contribution in [1.82, 2.24) is 15.5 Å². The Labute approximate surface area is 210 Å². The van der Waals surface area contributed by atoms with Crippen LogP contribution in [-0.2, 0) is 4.74 Å². The number of rotatable bonds is 7. The fourth-order valence-corrected chi connectivity index (χ4v) is 5.24. The summed E-state index contributed by atoms with van der Waals surface area (Å²) < 4.78 is 11.3. The second-order valence-electron chi connectivity index (χ2n) is 8.97. The minimum atomic E-state index is 0. The van der Waals surface area contributed by atoms with Crippen LogP contribution in [0.5, 0.6) is 5.75 Å². The molecule has 3 aliphatic heterocycles. The average Bonchev–Trinajstić information content (AvgIpc) is 3.51. The molecule has 1 aromatic rings. The van der Waals surface area contributed by atoms with E-state index in [1.807, 2.05) is 12.1 Å². The highest BCUT2D eigenvalue weighted by molar-refractivity contribution is 14.0. The standard InChI is InChI=1S/C24H39N5O2.HI/c1-3-25-23(26-19-24(11-16-31-17-12-24)29-13-6-7-14-29)27-20-10-15-28(18-20)21-8-4-5-9-22(21)30-2;/h4-5,8-9,20H,3,6-7,10-19H2,1-2H3,(H2,25,26,27);1H. The molecule has 0 amide bonds. The molecule has 3 aliphatic rings. The van der Waals surface area contributed by atoms with Crippen LogP contribution in [0.2, 0.25) is 0 Å². The molecule has 1 unspecified atom stereocenters. The number of benzene rings is 1.